The van der Waals surface area contributed by atoms with E-state index in [1.54, 1.807) is 7.05 Å². The molecule has 0 aliphatic carbocycles. The Hall–Kier alpha value is -1.34. The third-order valence-electron chi connectivity index (χ3n) is 1.50. The molecule has 6 nitrogen and oxygen atoms in total. The van der Waals surface area contributed by atoms with Gasteiger partial charge in [0.15, 0.2) is 5.13 Å². The van der Waals surface area contributed by atoms with Crippen LogP contribution in [-0.4, -0.2) is 31.0 Å². The van der Waals surface area contributed by atoms with E-state index in [4.69, 9.17) is 11.5 Å². The van der Waals surface area contributed by atoms with E-state index in [2.05, 4.69) is 15.6 Å². The number of nitrogens with one attached hydrogen (secondary N) is 2. The molecule has 1 aromatic heterocycles. The van der Waals surface area contributed by atoms with Crippen molar-refractivity contribution in [2.24, 2.45) is 5.73 Å². The lowest BCUT2D eigenvalue weighted by molar-refractivity contribution is 0.0959. The lowest BCUT2D eigenvalue weighted by Crippen LogP contribution is -2.28. The van der Waals surface area contributed by atoms with Crippen LogP contribution in [0.4, 0.5) is 10.9 Å². The molecular weight excluding hydrogens is 202 g/mol. The van der Waals surface area contributed by atoms with Gasteiger partial charge >= 0.3 is 0 Å². The third-order valence-corrected chi connectivity index (χ3v) is 2.59. The maximum Gasteiger partial charge on any atom is 0.265 e. The summed E-state index contributed by atoms with van der Waals surface area (Å²) in [5, 5.41) is 6.07. The Morgan fingerprint density at radius 1 is 1.64 bits per heavy atom. The van der Waals surface area contributed by atoms with Gasteiger partial charge in [-0.15, -0.1) is 0 Å². The maximum atomic E-state index is 11.4. The average molecular weight is 215 g/mol. The summed E-state index contributed by atoms with van der Waals surface area (Å²) in [5.41, 5.74) is 10.8. The van der Waals surface area contributed by atoms with Crippen molar-refractivity contribution < 1.29 is 4.79 Å². The van der Waals surface area contributed by atoms with Crippen LogP contribution in [0, 0.1) is 0 Å². The molecular formula is C7H13N5OS. The van der Waals surface area contributed by atoms with Crippen LogP contribution in [0.15, 0.2) is 0 Å². The Morgan fingerprint density at radius 3 is 2.86 bits per heavy atom. The summed E-state index contributed by atoms with van der Waals surface area (Å²) in [6, 6.07) is 0. The van der Waals surface area contributed by atoms with Crippen LogP contribution in [-0.2, 0) is 0 Å². The Balaban J connectivity index is 2.73. The van der Waals surface area contributed by atoms with Crippen molar-refractivity contribution in [2.45, 2.75) is 0 Å². The number of aromatic nitrogens is 1. The third kappa shape index (κ3) is 2.33. The SMILES string of the molecule is CNc1nc(N)c(C(=O)NCCN)s1. The van der Waals surface area contributed by atoms with Crippen molar-refractivity contribution in [3.63, 3.8) is 0 Å². The molecule has 78 valence electrons. The second-order valence-corrected chi connectivity index (χ2v) is 3.53. The molecule has 0 unspecified atom stereocenters. The van der Waals surface area contributed by atoms with E-state index in [0.717, 1.165) is 0 Å². The molecule has 6 N–H and O–H groups in total. The van der Waals surface area contributed by atoms with Gasteiger partial charge < -0.3 is 22.1 Å². The number of nitrogen functional groups attached to an aromatic ring is 1. The van der Waals surface area contributed by atoms with Crippen LogP contribution in [0.25, 0.3) is 0 Å². The molecule has 0 bridgehead atoms. The first-order chi connectivity index (χ1) is 6.69. The van der Waals surface area contributed by atoms with Crippen LogP contribution in [0.5, 0.6) is 0 Å². The molecule has 1 aromatic rings. The lowest BCUT2D eigenvalue weighted by atomic mass is 10.4. The predicted octanol–water partition coefficient (Wildman–Crippen LogP) is -0.545. The van der Waals surface area contributed by atoms with Gasteiger partial charge in [-0.1, -0.05) is 11.3 Å². The minimum atomic E-state index is -0.230. The maximum absolute atomic E-state index is 11.4. The highest BCUT2D eigenvalue weighted by atomic mass is 32.1. The van der Waals surface area contributed by atoms with Crippen molar-refractivity contribution in [3.05, 3.63) is 4.88 Å². The van der Waals surface area contributed by atoms with E-state index in [9.17, 15) is 4.79 Å². The first-order valence-electron chi connectivity index (χ1n) is 4.11. The van der Waals surface area contributed by atoms with E-state index in [-0.39, 0.29) is 11.7 Å². The van der Waals surface area contributed by atoms with Gasteiger partial charge in [0.25, 0.3) is 5.91 Å². The first kappa shape index (κ1) is 10.7. The summed E-state index contributed by atoms with van der Waals surface area (Å²) in [5.74, 6) is 0.0146. The van der Waals surface area contributed by atoms with E-state index in [1.807, 2.05) is 0 Å². The summed E-state index contributed by atoms with van der Waals surface area (Å²) in [7, 11) is 1.72. The van der Waals surface area contributed by atoms with Gasteiger partial charge in [0.2, 0.25) is 0 Å². The number of thiazole rings is 1. The molecule has 0 aliphatic rings. The van der Waals surface area contributed by atoms with Crippen molar-refractivity contribution in [2.75, 3.05) is 31.2 Å². The fourth-order valence-electron chi connectivity index (χ4n) is 0.868. The molecule has 0 aliphatic heterocycles. The number of hydrogen-bond donors (Lipinski definition) is 4. The Kier molecular flexibility index (Phi) is 3.66. The molecule has 0 saturated heterocycles. The highest BCUT2D eigenvalue weighted by Crippen LogP contribution is 2.23. The van der Waals surface area contributed by atoms with Crippen molar-refractivity contribution in [1.82, 2.24) is 10.3 Å². The molecule has 1 amide bonds. The largest absolute Gasteiger partial charge is 0.382 e. The van der Waals surface area contributed by atoms with Crippen LogP contribution < -0.4 is 22.1 Å². The van der Waals surface area contributed by atoms with Gasteiger partial charge in [-0.05, 0) is 0 Å². The molecule has 0 fully saturated rings. The topological polar surface area (TPSA) is 106 Å². The van der Waals surface area contributed by atoms with E-state index in [1.165, 1.54) is 11.3 Å². The van der Waals surface area contributed by atoms with E-state index >= 15 is 0 Å². The second-order valence-electron chi connectivity index (χ2n) is 2.53. The molecule has 1 heterocycles. The number of anilines is 2. The van der Waals surface area contributed by atoms with Crippen molar-refractivity contribution in [3.8, 4) is 0 Å². The normalized spacial score (nSPS) is 9.86. The Labute approximate surface area is 85.7 Å². The molecule has 0 saturated carbocycles. The Bertz CT molecular complexity index is 324. The van der Waals surface area contributed by atoms with Crippen LogP contribution in [0.3, 0.4) is 0 Å². The highest BCUT2D eigenvalue weighted by molar-refractivity contribution is 7.18. The number of rotatable bonds is 4. The minimum Gasteiger partial charge on any atom is -0.382 e. The predicted molar refractivity (Wildman–Crippen MR) is 57.5 cm³/mol. The van der Waals surface area contributed by atoms with Gasteiger partial charge in [0.05, 0.1) is 0 Å². The molecule has 0 aromatic carbocycles. The number of carbonyl (C=O) groups excluding carboxylic acids is 1. The molecule has 0 radical (unpaired) electrons. The second kappa shape index (κ2) is 4.77. The standard InChI is InChI=1S/C7H13N5OS/c1-10-7-12-5(9)4(14-7)6(13)11-3-2-8/h2-3,8-9H2,1H3,(H,10,12)(H,11,13). The van der Waals surface area contributed by atoms with Gasteiger partial charge in [0.1, 0.15) is 10.7 Å². The lowest BCUT2D eigenvalue weighted by Gasteiger charge is -1.99. The summed E-state index contributed by atoms with van der Waals surface area (Å²) < 4.78 is 0. The zero-order valence-electron chi connectivity index (χ0n) is 7.83. The van der Waals surface area contributed by atoms with Crippen LogP contribution >= 0.6 is 11.3 Å². The fraction of sp³-hybridized carbons (Fsp3) is 0.429. The van der Waals surface area contributed by atoms with Crippen LogP contribution in [0.1, 0.15) is 9.67 Å². The molecule has 1 rings (SSSR count). The Morgan fingerprint density at radius 2 is 2.36 bits per heavy atom. The van der Waals surface area contributed by atoms with E-state index in [0.29, 0.717) is 23.1 Å². The molecule has 14 heavy (non-hydrogen) atoms. The summed E-state index contributed by atoms with van der Waals surface area (Å²) in [6.45, 7) is 0.842. The summed E-state index contributed by atoms with van der Waals surface area (Å²) in [4.78, 5) is 15.8. The van der Waals surface area contributed by atoms with E-state index < -0.39 is 0 Å². The zero-order chi connectivity index (χ0) is 10.6. The number of nitrogens with two attached hydrogens (primary N) is 2. The number of carbonyl (C=O) groups is 1. The van der Waals surface area contributed by atoms with Gasteiger partial charge in [-0.3, -0.25) is 4.79 Å². The average Bonchev–Trinajstić information content (AvgIpc) is 2.56. The fourth-order valence-corrected chi connectivity index (χ4v) is 1.62. The van der Waals surface area contributed by atoms with Gasteiger partial charge in [-0.25, -0.2) is 4.98 Å². The van der Waals surface area contributed by atoms with Crippen molar-refractivity contribution >= 4 is 28.2 Å². The van der Waals surface area contributed by atoms with Crippen LogP contribution in [0.2, 0.25) is 0 Å². The van der Waals surface area contributed by atoms with Gasteiger partial charge in [-0.2, -0.15) is 0 Å². The van der Waals surface area contributed by atoms with Crippen molar-refractivity contribution in [1.29, 1.82) is 0 Å². The number of nitrogens with zero attached hydrogens (tertiary/aromatic N) is 1. The number of amides is 1. The molecule has 7 heteroatoms. The number of hydrogen-bond acceptors (Lipinski definition) is 6. The smallest absolute Gasteiger partial charge is 0.265 e. The quantitative estimate of drug-likeness (QED) is 0.539. The zero-order valence-corrected chi connectivity index (χ0v) is 8.65. The minimum absolute atomic E-state index is 0.230. The van der Waals surface area contributed by atoms with Gasteiger partial charge in [0, 0.05) is 20.1 Å². The first-order valence-corrected chi connectivity index (χ1v) is 4.93. The summed E-state index contributed by atoms with van der Waals surface area (Å²) in [6.07, 6.45) is 0. The molecule has 0 spiro atoms. The highest BCUT2D eigenvalue weighted by Gasteiger charge is 2.14. The monoisotopic (exact) mass is 215 g/mol. The molecule has 0 atom stereocenters. The summed E-state index contributed by atoms with van der Waals surface area (Å²) >= 11 is 1.22.